The summed E-state index contributed by atoms with van der Waals surface area (Å²) in [6.45, 7) is 6.18. The minimum atomic E-state index is -3.70. The zero-order valence-corrected chi connectivity index (χ0v) is 18.8. The average molecular weight is 420 g/mol. The van der Waals surface area contributed by atoms with Crippen LogP contribution in [0.5, 0.6) is 5.75 Å². The fourth-order valence-electron chi connectivity index (χ4n) is 4.05. The second kappa shape index (κ2) is 9.32. The molecular weight excluding hydrogens is 386 g/mol. The Labute approximate surface area is 174 Å². The zero-order chi connectivity index (χ0) is 21.0. The molecule has 1 fully saturated rings. The summed E-state index contributed by atoms with van der Waals surface area (Å²) < 4.78 is 36.7. The molecule has 3 rings (SSSR count). The monoisotopic (exact) mass is 419 g/mol. The van der Waals surface area contributed by atoms with Crippen LogP contribution in [0.1, 0.15) is 48.5 Å². The van der Waals surface area contributed by atoms with Gasteiger partial charge in [0.25, 0.3) is 0 Å². The predicted molar refractivity (Wildman–Crippen MR) is 116 cm³/mol. The molecule has 0 radical (unpaired) electrons. The molecule has 29 heavy (non-hydrogen) atoms. The highest BCUT2D eigenvalue weighted by atomic mass is 32.2. The van der Waals surface area contributed by atoms with Crippen LogP contribution in [0, 0.1) is 13.8 Å². The van der Waals surface area contributed by atoms with Gasteiger partial charge in [0.05, 0.1) is 13.2 Å². The zero-order valence-electron chi connectivity index (χ0n) is 17.9. The first kappa shape index (κ1) is 21.9. The predicted octanol–water partition coefficient (Wildman–Crippen LogP) is 3.55. The van der Waals surface area contributed by atoms with Crippen LogP contribution in [0.25, 0.3) is 0 Å². The van der Waals surface area contributed by atoms with Gasteiger partial charge in [-0.05, 0) is 75.2 Å². The number of aryl methyl sites for hydroxylation is 3. The third kappa shape index (κ3) is 5.02. The van der Waals surface area contributed by atoms with Gasteiger partial charge in [0, 0.05) is 25.5 Å². The van der Waals surface area contributed by atoms with Crippen molar-refractivity contribution in [2.75, 3.05) is 26.7 Å². The van der Waals surface area contributed by atoms with Crippen molar-refractivity contribution in [1.82, 2.24) is 14.2 Å². The Morgan fingerprint density at radius 3 is 2.34 bits per heavy atom. The van der Waals surface area contributed by atoms with Gasteiger partial charge in [0.1, 0.15) is 10.6 Å². The second-order valence-electron chi connectivity index (χ2n) is 7.95. The quantitative estimate of drug-likeness (QED) is 0.746. The summed E-state index contributed by atoms with van der Waals surface area (Å²) in [5, 5.41) is 0. The van der Waals surface area contributed by atoms with E-state index in [4.69, 9.17) is 4.74 Å². The lowest BCUT2D eigenvalue weighted by Gasteiger charge is -2.31. The maximum atomic E-state index is 13.2. The van der Waals surface area contributed by atoms with Crippen molar-refractivity contribution in [2.45, 2.75) is 50.5 Å². The van der Waals surface area contributed by atoms with Gasteiger partial charge in [-0.1, -0.05) is 12.8 Å². The van der Waals surface area contributed by atoms with Crippen molar-refractivity contribution in [2.24, 2.45) is 7.05 Å². The van der Waals surface area contributed by atoms with Gasteiger partial charge in [0.2, 0.25) is 10.0 Å². The molecule has 6 nitrogen and oxygen atoms in total. The summed E-state index contributed by atoms with van der Waals surface area (Å²) in [6.07, 6.45) is 6.79. The summed E-state index contributed by atoms with van der Waals surface area (Å²) in [7, 11) is -0.178. The molecule has 1 aromatic heterocycles. The highest BCUT2D eigenvalue weighted by Gasteiger charge is 2.27. The summed E-state index contributed by atoms with van der Waals surface area (Å²) >= 11 is 0. The molecule has 1 aromatic carbocycles. The molecule has 1 saturated heterocycles. The van der Waals surface area contributed by atoms with E-state index in [1.54, 1.807) is 12.1 Å². The fourth-order valence-corrected chi connectivity index (χ4v) is 5.32. The molecule has 0 spiro atoms. The van der Waals surface area contributed by atoms with Crippen molar-refractivity contribution in [3.05, 3.63) is 47.3 Å². The number of likely N-dealkylation sites (tertiary alicyclic amines) is 1. The molecule has 0 saturated carbocycles. The number of hydrogen-bond acceptors (Lipinski definition) is 4. The molecule has 7 heteroatoms. The van der Waals surface area contributed by atoms with Gasteiger partial charge in [0.15, 0.2) is 0 Å². The lowest BCUT2D eigenvalue weighted by atomic mass is 10.1. The number of ether oxygens (including phenoxy) is 1. The minimum Gasteiger partial charge on any atom is -0.495 e. The number of nitrogens with one attached hydrogen (secondary N) is 1. The van der Waals surface area contributed by atoms with E-state index in [9.17, 15) is 8.42 Å². The number of nitrogens with zero attached hydrogens (tertiary/aromatic N) is 2. The second-order valence-corrected chi connectivity index (χ2v) is 9.68. The standard InChI is InChI=1S/C22H33N3O3S/c1-17-14-21(28-4)22(15-18(17)2)29(26,27)23-16-20(19-10-9-11-24(19)3)25-12-7-5-6-8-13-25/h9-11,14-15,20,23H,5-8,12-13,16H2,1-4H3. The molecule has 0 bridgehead atoms. The number of hydrogen-bond donors (Lipinski definition) is 1. The molecule has 1 unspecified atom stereocenters. The van der Waals surface area contributed by atoms with E-state index in [2.05, 4.69) is 20.3 Å². The third-order valence-electron chi connectivity index (χ3n) is 5.94. The number of benzene rings is 1. The maximum Gasteiger partial charge on any atom is 0.244 e. The van der Waals surface area contributed by atoms with E-state index in [0.29, 0.717) is 12.3 Å². The molecule has 1 atom stereocenters. The van der Waals surface area contributed by atoms with Crippen LogP contribution in [0.3, 0.4) is 0 Å². The fraction of sp³-hybridized carbons (Fsp3) is 0.545. The Bertz CT molecular complexity index is 929. The Kier molecular flexibility index (Phi) is 7.03. The number of methoxy groups -OCH3 is 1. The largest absolute Gasteiger partial charge is 0.495 e. The van der Waals surface area contributed by atoms with E-state index < -0.39 is 10.0 Å². The van der Waals surface area contributed by atoms with Crippen LogP contribution in [-0.2, 0) is 17.1 Å². The van der Waals surface area contributed by atoms with Crippen LogP contribution in [0.2, 0.25) is 0 Å². The van der Waals surface area contributed by atoms with Crippen LogP contribution >= 0.6 is 0 Å². The maximum absolute atomic E-state index is 13.2. The van der Waals surface area contributed by atoms with Gasteiger partial charge in [-0.3, -0.25) is 4.90 Å². The Hall–Kier alpha value is -1.83. The molecular formula is C22H33N3O3S. The smallest absolute Gasteiger partial charge is 0.244 e. The van der Waals surface area contributed by atoms with E-state index in [-0.39, 0.29) is 10.9 Å². The molecule has 2 aromatic rings. The molecule has 0 aliphatic carbocycles. The van der Waals surface area contributed by atoms with Crippen molar-refractivity contribution < 1.29 is 13.2 Å². The highest BCUT2D eigenvalue weighted by Crippen LogP contribution is 2.29. The van der Waals surface area contributed by atoms with Gasteiger partial charge in [-0.15, -0.1) is 0 Å². The SMILES string of the molecule is COc1cc(C)c(C)cc1S(=O)(=O)NCC(c1cccn1C)N1CCCCCC1. The summed E-state index contributed by atoms with van der Waals surface area (Å²) in [6, 6.07) is 7.58. The minimum absolute atomic E-state index is 0.000384. The number of aromatic nitrogens is 1. The summed E-state index contributed by atoms with van der Waals surface area (Å²) in [4.78, 5) is 2.62. The van der Waals surface area contributed by atoms with Crippen molar-refractivity contribution in [1.29, 1.82) is 0 Å². The molecule has 0 amide bonds. The third-order valence-corrected chi connectivity index (χ3v) is 7.39. The van der Waals surface area contributed by atoms with Crippen LogP contribution in [-0.4, -0.2) is 44.6 Å². The van der Waals surface area contributed by atoms with E-state index in [0.717, 1.165) is 42.8 Å². The van der Waals surface area contributed by atoms with Crippen molar-refractivity contribution in [3.63, 3.8) is 0 Å². The van der Waals surface area contributed by atoms with Crippen LogP contribution in [0.4, 0.5) is 0 Å². The van der Waals surface area contributed by atoms with Gasteiger partial charge in [-0.25, -0.2) is 13.1 Å². The van der Waals surface area contributed by atoms with Crippen molar-refractivity contribution in [3.8, 4) is 5.75 Å². The van der Waals surface area contributed by atoms with Crippen molar-refractivity contribution >= 4 is 10.0 Å². The first-order valence-corrected chi connectivity index (χ1v) is 11.8. The van der Waals surface area contributed by atoms with Crippen LogP contribution < -0.4 is 9.46 Å². The molecule has 160 valence electrons. The highest BCUT2D eigenvalue weighted by molar-refractivity contribution is 7.89. The Balaban J connectivity index is 1.87. The topological polar surface area (TPSA) is 63.6 Å². The van der Waals surface area contributed by atoms with E-state index >= 15 is 0 Å². The molecule has 2 heterocycles. The molecule has 1 N–H and O–H groups in total. The summed E-state index contributed by atoms with van der Waals surface area (Å²) in [5.74, 6) is 0.380. The number of rotatable bonds is 7. The van der Waals surface area contributed by atoms with Gasteiger partial charge in [-0.2, -0.15) is 0 Å². The lowest BCUT2D eigenvalue weighted by Crippen LogP contribution is -2.39. The van der Waals surface area contributed by atoms with E-state index in [1.807, 2.05) is 33.2 Å². The first-order chi connectivity index (χ1) is 13.8. The Morgan fingerprint density at radius 1 is 1.10 bits per heavy atom. The molecule has 1 aliphatic heterocycles. The molecule has 1 aliphatic rings. The van der Waals surface area contributed by atoms with Crippen LogP contribution in [0.15, 0.2) is 35.4 Å². The average Bonchev–Trinajstić information content (AvgIpc) is 2.93. The first-order valence-electron chi connectivity index (χ1n) is 10.3. The van der Waals surface area contributed by atoms with Gasteiger partial charge >= 0.3 is 0 Å². The lowest BCUT2D eigenvalue weighted by molar-refractivity contribution is 0.199. The Morgan fingerprint density at radius 2 is 1.76 bits per heavy atom. The van der Waals surface area contributed by atoms with Gasteiger partial charge < -0.3 is 9.30 Å². The number of sulfonamides is 1. The normalized spacial score (nSPS) is 17.1. The summed E-state index contributed by atoms with van der Waals surface area (Å²) in [5.41, 5.74) is 3.06. The van der Waals surface area contributed by atoms with E-state index in [1.165, 1.54) is 20.0 Å².